The van der Waals surface area contributed by atoms with Crippen LogP contribution in [0.5, 0.6) is 0 Å². The van der Waals surface area contributed by atoms with E-state index < -0.39 is 5.60 Å². The van der Waals surface area contributed by atoms with Crippen LogP contribution >= 0.6 is 0 Å². The van der Waals surface area contributed by atoms with E-state index in [0.717, 1.165) is 6.42 Å². The Labute approximate surface area is 95.4 Å². The van der Waals surface area contributed by atoms with Gasteiger partial charge in [-0.05, 0) is 6.42 Å². The maximum atomic E-state index is 9.85. The summed E-state index contributed by atoms with van der Waals surface area (Å²) in [7, 11) is 0. The summed E-state index contributed by atoms with van der Waals surface area (Å²) in [6.07, 6.45) is 0.799. The fraction of sp³-hybridized carbons (Fsp3) is 0.818. The Morgan fingerprint density at radius 1 is 1.50 bits per heavy atom. The van der Waals surface area contributed by atoms with E-state index in [-0.39, 0.29) is 5.92 Å². The van der Waals surface area contributed by atoms with Crippen LogP contribution in [-0.4, -0.2) is 38.8 Å². The zero-order valence-electron chi connectivity index (χ0n) is 10.1. The van der Waals surface area contributed by atoms with E-state index in [4.69, 9.17) is 4.52 Å². The molecule has 1 saturated heterocycles. The molecule has 0 spiro atoms. The second kappa shape index (κ2) is 4.14. The number of β-amino-alcohol motifs (C(OH)–C–C–N with tert-alkyl or cyclic N) is 1. The fourth-order valence-electron chi connectivity index (χ4n) is 1.89. The zero-order valence-corrected chi connectivity index (χ0v) is 10.1. The number of nitrogens with zero attached hydrogens (tertiary/aromatic N) is 3. The zero-order chi connectivity index (χ0) is 11.8. The van der Waals surface area contributed by atoms with Crippen LogP contribution in [0.2, 0.25) is 0 Å². The van der Waals surface area contributed by atoms with Gasteiger partial charge in [0.1, 0.15) is 0 Å². The van der Waals surface area contributed by atoms with E-state index in [1.807, 2.05) is 20.8 Å². The van der Waals surface area contributed by atoms with Gasteiger partial charge >= 0.3 is 0 Å². The Bertz CT molecular complexity index is 356. The number of hydrogen-bond donors (Lipinski definition) is 1. The highest BCUT2D eigenvalue weighted by molar-refractivity contribution is 4.98. The summed E-state index contributed by atoms with van der Waals surface area (Å²) in [6.45, 7) is 8.12. The Hall–Kier alpha value is -0.940. The van der Waals surface area contributed by atoms with E-state index in [9.17, 15) is 5.11 Å². The van der Waals surface area contributed by atoms with Crippen LogP contribution in [0.3, 0.4) is 0 Å². The van der Waals surface area contributed by atoms with Crippen molar-refractivity contribution in [2.75, 3.05) is 13.1 Å². The molecule has 0 bridgehead atoms. The van der Waals surface area contributed by atoms with Crippen LogP contribution in [0.15, 0.2) is 4.52 Å². The number of aromatic nitrogens is 2. The van der Waals surface area contributed by atoms with E-state index in [1.54, 1.807) is 0 Å². The van der Waals surface area contributed by atoms with Gasteiger partial charge in [-0.2, -0.15) is 4.98 Å². The van der Waals surface area contributed by atoms with Gasteiger partial charge in [0.15, 0.2) is 5.82 Å². The lowest BCUT2D eigenvalue weighted by Gasteiger charge is -2.45. The van der Waals surface area contributed by atoms with Crippen LogP contribution < -0.4 is 0 Å². The molecule has 0 aromatic carbocycles. The van der Waals surface area contributed by atoms with Gasteiger partial charge in [0.25, 0.3) is 0 Å². The van der Waals surface area contributed by atoms with E-state index >= 15 is 0 Å². The van der Waals surface area contributed by atoms with Crippen LogP contribution in [-0.2, 0) is 6.54 Å². The van der Waals surface area contributed by atoms with Crippen molar-refractivity contribution in [1.82, 2.24) is 15.0 Å². The Morgan fingerprint density at radius 3 is 2.69 bits per heavy atom. The molecule has 1 fully saturated rings. The average Bonchev–Trinajstić information content (AvgIpc) is 2.63. The highest BCUT2D eigenvalue weighted by Crippen LogP contribution is 2.25. The molecule has 0 radical (unpaired) electrons. The minimum absolute atomic E-state index is 0.269. The van der Waals surface area contributed by atoms with Crippen LogP contribution in [0.25, 0.3) is 0 Å². The van der Waals surface area contributed by atoms with E-state index in [2.05, 4.69) is 15.0 Å². The third kappa shape index (κ3) is 2.25. The van der Waals surface area contributed by atoms with Gasteiger partial charge in [-0.15, -0.1) is 0 Å². The molecule has 1 N–H and O–H groups in total. The topological polar surface area (TPSA) is 62.4 Å². The second-order valence-electron chi connectivity index (χ2n) is 4.93. The SMILES string of the molecule is CCC1(O)CN(Cc2noc(C(C)C)n2)C1. The average molecular weight is 225 g/mol. The minimum atomic E-state index is -0.495. The van der Waals surface area contributed by atoms with Crippen molar-refractivity contribution in [3.8, 4) is 0 Å². The van der Waals surface area contributed by atoms with Crippen molar-refractivity contribution in [3.63, 3.8) is 0 Å². The molecule has 90 valence electrons. The summed E-state index contributed by atoms with van der Waals surface area (Å²) >= 11 is 0. The Balaban J connectivity index is 1.87. The predicted molar refractivity (Wildman–Crippen MR) is 58.9 cm³/mol. The molecule has 1 aliphatic rings. The first kappa shape index (κ1) is 11.5. The fourth-order valence-corrected chi connectivity index (χ4v) is 1.89. The number of rotatable bonds is 4. The molecular weight excluding hydrogens is 206 g/mol. The van der Waals surface area contributed by atoms with E-state index in [0.29, 0.717) is 31.3 Å². The summed E-state index contributed by atoms with van der Waals surface area (Å²) in [5.74, 6) is 1.66. The molecule has 2 heterocycles. The molecule has 1 aliphatic heterocycles. The Kier molecular flexibility index (Phi) is 2.99. The molecule has 0 unspecified atom stereocenters. The maximum Gasteiger partial charge on any atom is 0.229 e. The molecular formula is C11H19N3O2. The summed E-state index contributed by atoms with van der Waals surface area (Å²) in [4.78, 5) is 6.43. The Morgan fingerprint density at radius 2 is 2.19 bits per heavy atom. The van der Waals surface area contributed by atoms with Crippen molar-refractivity contribution in [1.29, 1.82) is 0 Å². The number of hydrogen-bond acceptors (Lipinski definition) is 5. The summed E-state index contributed by atoms with van der Waals surface area (Å²) < 4.78 is 5.12. The third-order valence-corrected chi connectivity index (χ3v) is 3.04. The van der Waals surface area contributed by atoms with Crippen LogP contribution in [0, 0.1) is 0 Å². The van der Waals surface area contributed by atoms with Gasteiger partial charge in [0.2, 0.25) is 5.89 Å². The predicted octanol–water partition coefficient (Wildman–Crippen LogP) is 1.15. The number of likely N-dealkylation sites (tertiary alicyclic amines) is 1. The number of aliphatic hydroxyl groups is 1. The van der Waals surface area contributed by atoms with Gasteiger partial charge in [0.05, 0.1) is 12.1 Å². The molecule has 0 saturated carbocycles. The first-order valence-electron chi connectivity index (χ1n) is 5.79. The maximum absolute atomic E-state index is 9.85. The normalized spacial score (nSPS) is 20.1. The molecule has 5 nitrogen and oxygen atoms in total. The largest absolute Gasteiger partial charge is 0.387 e. The lowest BCUT2D eigenvalue weighted by molar-refractivity contribution is -0.104. The molecule has 5 heteroatoms. The second-order valence-corrected chi connectivity index (χ2v) is 4.93. The monoisotopic (exact) mass is 225 g/mol. The quantitative estimate of drug-likeness (QED) is 0.832. The smallest absolute Gasteiger partial charge is 0.229 e. The third-order valence-electron chi connectivity index (χ3n) is 3.04. The van der Waals surface area contributed by atoms with Crippen molar-refractivity contribution >= 4 is 0 Å². The summed E-state index contributed by atoms with van der Waals surface area (Å²) in [5.41, 5.74) is -0.495. The molecule has 16 heavy (non-hydrogen) atoms. The molecule has 0 atom stereocenters. The van der Waals surface area contributed by atoms with Crippen molar-refractivity contribution in [2.45, 2.75) is 45.3 Å². The van der Waals surface area contributed by atoms with Crippen molar-refractivity contribution < 1.29 is 9.63 Å². The van der Waals surface area contributed by atoms with Gasteiger partial charge in [-0.3, -0.25) is 4.90 Å². The highest BCUT2D eigenvalue weighted by atomic mass is 16.5. The highest BCUT2D eigenvalue weighted by Gasteiger charge is 2.39. The standard InChI is InChI=1S/C11H19N3O2/c1-4-11(15)6-14(7-11)5-9-12-10(8(2)3)16-13-9/h8,15H,4-7H2,1-3H3. The first-order valence-corrected chi connectivity index (χ1v) is 5.79. The van der Waals surface area contributed by atoms with E-state index in [1.165, 1.54) is 0 Å². The van der Waals surface area contributed by atoms with Crippen molar-refractivity contribution in [2.24, 2.45) is 0 Å². The van der Waals surface area contributed by atoms with Gasteiger partial charge in [-0.25, -0.2) is 0 Å². The van der Waals surface area contributed by atoms with Crippen LogP contribution in [0.1, 0.15) is 44.8 Å². The molecule has 1 aromatic heterocycles. The minimum Gasteiger partial charge on any atom is -0.387 e. The van der Waals surface area contributed by atoms with Gasteiger partial charge in [0, 0.05) is 19.0 Å². The lowest BCUT2D eigenvalue weighted by atomic mass is 9.91. The molecule has 2 rings (SSSR count). The van der Waals surface area contributed by atoms with Crippen molar-refractivity contribution in [3.05, 3.63) is 11.7 Å². The van der Waals surface area contributed by atoms with Gasteiger partial charge in [-0.1, -0.05) is 25.9 Å². The van der Waals surface area contributed by atoms with Crippen LogP contribution in [0.4, 0.5) is 0 Å². The first-order chi connectivity index (χ1) is 7.52. The molecule has 1 aromatic rings. The molecule has 0 aliphatic carbocycles. The summed E-state index contributed by atoms with van der Waals surface area (Å²) in [6, 6.07) is 0. The lowest BCUT2D eigenvalue weighted by Crippen LogP contribution is -2.60. The molecule has 0 amide bonds. The van der Waals surface area contributed by atoms with Gasteiger partial charge < -0.3 is 9.63 Å². The summed E-state index contributed by atoms with van der Waals surface area (Å²) in [5, 5.41) is 13.8.